The third-order valence-electron chi connectivity index (χ3n) is 25.5. The first-order valence-corrected chi connectivity index (χ1v) is 47.5. The second-order valence-corrected chi connectivity index (χ2v) is 36.6. The van der Waals surface area contributed by atoms with Crippen molar-refractivity contribution in [2.45, 2.75) is 124 Å². The summed E-state index contributed by atoms with van der Waals surface area (Å²) < 4.78 is 91.8. The molecule has 0 bridgehead atoms. The molecule has 14 N–H and O–H groups in total. The van der Waals surface area contributed by atoms with Gasteiger partial charge in [0.05, 0.1) is 79.8 Å². The molecular weight excluding hydrogens is 1880 g/mol. The minimum absolute atomic E-state index is 0.0351. The van der Waals surface area contributed by atoms with Crippen LogP contribution in [0.5, 0.6) is 0 Å². The van der Waals surface area contributed by atoms with Gasteiger partial charge in [-0.25, -0.2) is 26.3 Å². The molecule has 18 aromatic rings. The summed E-state index contributed by atoms with van der Waals surface area (Å²) in [7, 11) is 0. The summed E-state index contributed by atoms with van der Waals surface area (Å²) in [6.45, 7) is 14.7. The molecule has 2 unspecified atom stereocenters. The van der Waals surface area contributed by atoms with Crippen molar-refractivity contribution < 1.29 is 74.2 Å². The zero-order valence-electron chi connectivity index (χ0n) is 80.2. The first kappa shape index (κ1) is 98.9. The molecule has 10 heterocycles. The number of halogens is 6. The quantitative estimate of drug-likeness (QED) is 0.0377. The van der Waals surface area contributed by atoms with Gasteiger partial charge >= 0.3 is 0 Å². The lowest BCUT2D eigenvalue weighted by atomic mass is 10.0. The van der Waals surface area contributed by atoms with E-state index in [-0.39, 0.29) is 100 Å². The highest BCUT2D eigenvalue weighted by Crippen LogP contribution is 2.40. The normalized spacial score (nSPS) is 15.6. The van der Waals surface area contributed by atoms with Crippen molar-refractivity contribution in [2.24, 2.45) is 11.8 Å². The number of aromatic amines is 6. The Balaban J connectivity index is 0.000000115. The smallest absolute Gasteiger partial charge is 0.253 e. The molecule has 12 aromatic carbocycles. The SMILES string of the molecule is CC(=O)Nc1cc(C)c2n[nH]c(-c3cccc(F)c3)c2c1.Cc1cc(NC(=O)C2CC2)cc2c(-c3cccc(F)c3)[nH]nc12.Cc1cc(NC(=O)C2CCCO2)cc2c(-c3cccc(F)c3)[nH]nc12.Cc1cc(NC(=O)C2CCOC2)cc2c(-c3cccc(F)c3)[nH]nc12.Cc1cc(NC(=O)[C@@H]2CCC(=O)N2)cc2c(-c3cccc(F)c3)[nH]nc12.Cc1cc(NC(=O)[C@H]2CCC(=O)N2)cc2c(-c3cccc(F)c3)[nH]nc12. The van der Waals surface area contributed by atoms with E-state index in [1.165, 1.54) is 79.7 Å². The van der Waals surface area contributed by atoms with E-state index in [2.05, 4.69) is 104 Å². The molecule has 4 saturated heterocycles. The van der Waals surface area contributed by atoms with Crippen molar-refractivity contribution in [3.8, 4) is 67.5 Å². The van der Waals surface area contributed by atoms with Crippen molar-refractivity contribution in [2.75, 3.05) is 51.7 Å². The lowest BCUT2D eigenvalue weighted by molar-refractivity contribution is -0.125. The van der Waals surface area contributed by atoms with Crippen LogP contribution in [0.1, 0.15) is 98.1 Å². The van der Waals surface area contributed by atoms with Gasteiger partial charge in [0.25, 0.3) is 5.91 Å². The van der Waals surface area contributed by atoms with Gasteiger partial charge in [0.15, 0.2) is 0 Å². The summed E-state index contributed by atoms with van der Waals surface area (Å²) in [4.78, 5) is 95.1. The highest BCUT2D eigenvalue weighted by Gasteiger charge is 2.33. The number of ether oxygens (including phenoxy) is 2. The molecule has 146 heavy (non-hydrogen) atoms. The van der Waals surface area contributed by atoms with Crippen LogP contribution in [0.2, 0.25) is 0 Å². The summed E-state index contributed by atoms with van der Waals surface area (Å²) in [6.07, 6.45) is 5.65. The third-order valence-corrected chi connectivity index (χ3v) is 25.5. The molecule has 6 aromatic heterocycles. The monoisotopic (exact) mass is 1970 g/mol. The number of aryl methyl sites for hydroxylation is 6. The second kappa shape index (κ2) is 43.3. The number of fused-ring (bicyclic) bond motifs is 6. The first-order valence-electron chi connectivity index (χ1n) is 47.5. The highest BCUT2D eigenvalue weighted by molar-refractivity contribution is 6.08. The lowest BCUT2D eigenvalue weighted by Crippen LogP contribution is -2.37. The van der Waals surface area contributed by atoms with Crippen LogP contribution in [0.3, 0.4) is 0 Å². The number of nitrogens with zero attached hydrogens (tertiary/aromatic N) is 6. The van der Waals surface area contributed by atoms with Gasteiger partial charge in [0.1, 0.15) is 53.1 Å². The van der Waals surface area contributed by atoms with Crippen LogP contribution in [-0.2, 0) is 47.8 Å². The van der Waals surface area contributed by atoms with E-state index in [9.17, 15) is 64.7 Å². The van der Waals surface area contributed by atoms with Gasteiger partial charge in [-0.05, 0) is 265 Å². The largest absolute Gasteiger partial charge is 0.381 e. The van der Waals surface area contributed by atoms with Crippen molar-refractivity contribution in [3.63, 3.8) is 0 Å². The van der Waals surface area contributed by atoms with Crippen LogP contribution >= 0.6 is 0 Å². The number of carbonyl (C=O) groups excluding carboxylic acids is 8. The minimum atomic E-state index is -0.509. The van der Waals surface area contributed by atoms with Crippen LogP contribution in [0, 0.1) is 88.3 Å². The summed E-state index contributed by atoms with van der Waals surface area (Å²) in [5.74, 6) is -2.76. The number of amides is 8. The molecule has 4 atom stereocenters. The Morgan fingerprint density at radius 1 is 0.301 bits per heavy atom. The van der Waals surface area contributed by atoms with Crippen molar-refractivity contribution in [1.29, 1.82) is 0 Å². The molecule has 5 aliphatic rings. The maximum absolute atomic E-state index is 13.6. The van der Waals surface area contributed by atoms with E-state index >= 15 is 0 Å². The summed E-state index contributed by atoms with van der Waals surface area (Å²) >= 11 is 0. The van der Waals surface area contributed by atoms with Crippen LogP contribution in [0.15, 0.2) is 218 Å². The molecule has 1 aliphatic carbocycles. The van der Waals surface area contributed by atoms with Crippen LogP contribution < -0.4 is 42.5 Å². The van der Waals surface area contributed by atoms with E-state index < -0.39 is 12.1 Å². The zero-order chi connectivity index (χ0) is 102. The number of hydrogen-bond acceptors (Lipinski definition) is 16. The molecule has 23 rings (SSSR count). The zero-order valence-corrected chi connectivity index (χ0v) is 80.2. The van der Waals surface area contributed by atoms with E-state index in [0.29, 0.717) is 102 Å². The number of benzene rings is 12. The lowest BCUT2D eigenvalue weighted by Gasteiger charge is -2.12. The van der Waals surface area contributed by atoms with Gasteiger partial charge in [-0.1, -0.05) is 72.8 Å². The van der Waals surface area contributed by atoms with Crippen LogP contribution in [-0.4, -0.2) is 146 Å². The number of aromatic nitrogens is 12. The summed E-state index contributed by atoms with van der Waals surface area (Å²) in [5.41, 5.74) is 22.9. The Bertz CT molecular complexity index is 7790. The minimum Gasteiger partial charge on any atom is -0.381 e. The number of rotatable bonds is 17. The molecule has 4 aliphatic heterocycles. The van der Waals surface area contributed by atoms with Gasteiger partial charge in [-0.2, -0.15) is 30.6 Å². The van der Waals surface area contributed by atoms with Gasteiger partial charge in [0.2, 0.25) is 41.4 Å². The fourth-order valence-electron chi connectivity index (χ4n) is 18.2. The Labute approximate surface area is 830 Å². The Morgan fingerprint density at radius 2 is 0.562 bits per heavy atom. The number of anilines is 6. The molecule has 30 nitrogen and oxygen atoms in total. The number of nitrogens with one attached hydrogen (secondary N) is 14. The first-order chi connectivity index (χ1) is 70.4. The molecule has 742 valence electrons. The predicted octanol–water partition coefficient (Wildman–Crippen LogP) is 20.9. The Kier molecular flexibility index (Phi) is 29.3. The molecule has 5 fully saturated rings. The fraction of sp³-hybridized carbons (Fsp3) is 0.218. The topological polar surface area (TPSA) is 423 Å². The summed E-state index contributed by atoms with van der Waals surface area (Å²) in [5, 5.41) is 71.3. The molecule has 36 heteroatoms. The second-order valence-electron chi connectivity index (χ2n) is 36.6. The molecule has 0 spiro atoms. The van der Waals surface area contributed by atoms with Crippen LogP contribution in [0.25, 0.3) is 133 Å². The van der Waals surface area contributed by atoms with E-state index in [1.807, 2.05) is 126 Å². The average molecular weight is 1980 g/mol. The van der Waals surface area contributed by atoms with E-state index in [0.717, 1.165) is 176 Å². The van der Waals surface area contributed by atoms with Gasteiger partial charge in [0, 0.05) is 139 Å². The number of hydrogen-bond donors (Lipinski definition) is 14. The third kappa shape index (κ3) is 22.9. The van der Waals surface area contributed by atoms with E-state index in [4.69, 9.17) is 9.47 Å². The Morgan fingerprint density at radius 3 is 0.788 bits per heavy atom. The predicted molar refractivity (Wildman–Crippen MR) is 548 cm³/mol. The molecule has 1 saturated carbocycles. The van der Waals surface area contributed by atoms with Gasteiger partial charge in [-0.3, -0.25) is 68.9 Å². The molecule has 8 amide bonds. The van der Waals surface area contributed by atoms with Crippen molar-refractivity contribution in [3.05, 3.63) is 287 Å². The standard InChI is InChI=1S/2C19H17FN4O2.2C19H18FN3O2.C18H16FN3O.C16H14FN3O/c2*1-10-7-13(21-19(26)15-5-6-16(25)22-15)9-14-17(10)23-24-18(14)11-3-2-4-12(20)8-11;1-11-8-14(21-19(24)16-6-3-7-25-16)10-15-17(11)22-23-18(15)12-4-2-5-13(20)9-12;1-11-7-15(21-19(24)13-5-6-25-10-13)9-16-17(11)22-23-18(16)12-3-2-4-14(20)8-12;1-10-7-14(20-18(23)11-5-6-11)9-15-16(10)21-22-17(15)12-3-2-4-13(19)8-12;1-9-6-13(18-10(2)21)8-14-15(9)19-20-16(14)11-4-3-5-12(17)7-11/h2*2-4,7-9,15H,5-6H2,1H3,(H,21,26)(H,22,25)(H,23,24);2,4-5,8-10,16H,3,6-7H2,1H3,(H,21,24)(H,22,23);2-4,7-9,13H,5-6,10H2,1H3,(H,21,24)(H,22,23);2-4,7-9,11H,5-6H2,1H3,(H,20,23)(H,21,22);3-8H,1-2H3,(H,18,21)(H,19,20)/t2*15-;;;;/m10..../s1. The van der Waals surface area contributed by atoms with Gasteiger partial charge in [-0.15, -0.1) is 0 Å². The van der Waals surface area contributed by atoms with Crippen LogP contribution in [0.4, 0.5) is 60.5 Å². The maximum atomic E-state index is 13.6. The maximum Gasteiger partial charge on any atom is 0.253 e. The molecular formula is C110H100F6N20O10. The Hall–Kier alpha value is -17.3. The number of carbonyl (C=O) groups is 8. The van der Waals surface area contributed by atoms with Crippen molar-refractivity contribution >= 4 is 147 Å². The summed E-state index contributed by atoms with van der Waals surface area (Å²) in [6, 6.07) is 59.2. The molecule has 0 radical (unpaired) electrons. The average Bonchev–Trinajstić information content (AvgIpc) is 1.65. The van der Waals surface area contributed by atoms with E-state index in [1.54, 1.807) is 60.7 Å². The fourth-order valence-corrected chi connectivity index (χ4v) is 18.2. The van der Waals surface area contributed by atoms with Crippen molar-refractivity contribution in [1.82, 2.24) is 71.8 Å². The highest BCUT2D eigenvalue weighted by atomic mass is 19.1. The van der Waals surface area contributed by atoms with Gasteiger partial charge < -0.3 is 52.0 Å². The number of H-pyrrole nitrogens is 6.